The number of hydrogen-bond donors (Lipinski definition) is 0. The number of piperidine rings is 1. The first-order valence-corrected chi connectivity index (χ1v) is 5.09. The van der Waals surface area contributed by atoms with Crippen molar-refractivity contribution in [2.75, 3.05) is 6.54 Å². The summed E-state index contributed by atoms with van der Waals surface area (Å²) in [7, 11) is 0. The number of amides is 1. The van der Waals surface area contributed by atoms with Crippen molar-refractivity contribution in [3.63, 3.8) is 0 Å². The molecule has 0 saturated carbocycles. The Balaban J connectivity index is 0.000000561. The molecule has 0 spiro atoms. The minimum atomic E-state index is 0.534. The molecule has 1 fully saturated rings. The number of hydrogen-bond acceptors (Lipinski definition) is 1. The second-order valence-electron chi connectivity index (χ2n) is 2.90. The third-order valence-corrected chi connectivity index (χ3v) is 2.28. The summed E-state index contributed by atoms with van der Waals surface area (Å²) in [5.74, 6) is 0. The van der Waals surface area contributed by atoms with E-state index >= 15 is 0 Å². The minimum Gasteiger partial charge on any atom is -0.342 e. The van der Waals surface area contributed by atoms with Crippen LogP contribution in [0.15, 0.2) is 0 Å². The zero-order chi connectivity index (χ0) is 9.40. The number of carbonyl (C=O) groups excluding carboxylic acids is 1. The van der Waals surface area contributed by atoms with E-state index in [-0.39, 0.29) is 0 Å². The Kier molecular flexibility index (Phi) is 6.82. The van der Waals surface area contributed by atoms with Gasteiger partial charge in [-0.05, 0) is 25.7 Å². The molecule has 2 nitrogen and oxygen atoms in total. The molecule has 1 amide bonds. The van der Waals surface area contributed by atoms with E-state index in [9.17, 15) is 4.79 Å². The molecule has 0 aliphatic carbocycles. The highest BCUT2D eigenvalue weighted by Gasteiger charge is 2.17. The van der Waals surface area contributed by atoms with Gasteiger partial charge in [-0.3, -0.25) is 4.79 Å². The van der Waals surface area contributed by atoms with Crippen LogP contribution in [0, 0.1) is 0 Å². The third kappa shape index (κ3) is 3.24. The van der Waals surface area contributed by atoms with E-state index in [0.717, 1.165) is 19.4 Å². The number of rotatable bonds is 2. The van der Waals surface area contributed by atoms with Crippen LogP contribution >= 0.6 is 0 Å². The summed E-state index contributed by atoms with van der Waals surface area (Å²) >= 11 is 0. The molecule has 1 atom stereocenters. The monoisotopic (exact) mass is 171 g/mol. The van der Waals surface area contributed by atoms with Crippen molar-refractivity contribution in [1.82, 2.24) is 4.90 Å². The Morgan fingerprint density at radius 2 is 2.08 bits per heavy atom. The van der Waals surface area contributed by atoms with Gasteiger partial charge in [0.25, 0.3) is 0 Å². The van der Waals surface area contributed by atoms with Crippen molar-refractivity contribution in [2.45, 2.75) is 52.5 Å². The molecule has 12 heavy (non-hydrogen) atoms. The molecule has 1 aliphatic heterocycles. The molecule has 0 radical (unpaired) electrons. The Labute approximate surface area is 75.9 Å². The van der Waals surface area contributed by atoms with Crippen molar-refractivity contribution in [2.24, 2.45) is 0 Å². The normalized spacial score (nSPS) is 22.6. The maximum Gasteiger partial charge on any atom is 0.209 e. The molecule has 0 N–H and O–H groups in total. The van der Waals surface area contributed by atoms with Gasteiger partial charge >= 0.3 is 0 Å². The second kappa shape index (κ2) is 7.14. The summed E-state index contributed by atoms with van der Waals surface area (Å²) in [6.07, 6.45) is 5.79. The first-order valence-electron chi connectivity index (χ1n) is 5.09. The van der Waals surface area contributed by atoms with Gasteiger partial charge in [-0.1, -0.05) is 20.8 Å². The van der Waals surface area contributed by atoms with Crippen molar-refractivity contribution >= 4 is 6.41 Å². The summed E-state index contributed by atoms with van der Waals surface area (Å²) in [5, 5.41) is 0. The first kappa shape index (κ1) is 11.5. The van der Waals surface area contributed by atoms with Crippen molar-refractivity contribution in [1.29, 1.82) is 0 Å². The SMILES string of the molecule is CC.CCC1CCCCN1C=O. The van der Waals surface area contributed by atoms with E-state index in [1.165, 1.54) is 19.3 Å². The van der Waals surface area contributed by atoms with Crippen LogP contribution in [0.3, 0.4) is 0 Å². The predicted molar refractivity (Wildman–Crippen MR) is 52.0 cm³/mol. The lowest BCUT2D eigenvalue weighted by atomic mass is 10.0. The zero-order valence-corrected chi connectivity index (χ0v) is 8.55. The molecule has 0 aromatic rings. The molecular weight excluding hydrogens is 150 g/mol. The number of nitrogens with zero attached hydrogens (tertiary/aromatic N) is 1. The van der Waals surface area contributed by atoms with Gasteiger partial charge in [0.1, 0.15) is 0 Å². The molecule has 0 bridgehead atoms. The number of carbonyl (C=O) groups is 1. The smallest absolute Gasteiger partial charge is 0.209 e. The molecule has 1 aliphatic rings. The molecule has 0 aromatic carbocycles. The molecule has 1 saturated heterocycles. The van der Waals surface area contributed by atoms with Gasteiger partial charge in [0.15, 0.2) is 0 Å². The standard InChI is InChI=1S/C8H15NO.C2H6/c1-2-8-5-3-4-6-9(8)7-10;1-2/h7-8H,2-6H2,1H3;1-2H3. The maximum atomic E-state index is 10.5. The van der Waals surface area contributed by atoms with E-state index in [0.29, 0.717) is 6.04 Å². The van der Waals surface area contributed by atoms with Gasteiger partial charge in [0, 0.05) is 12.6 Å². The summed E-state index contributed by atoms with van der Waals surface area (Å²) in [6.45, 7) is 7.12. The second-order valence-corrected chi connectivity index (χ2v) is 2.90. The van der Waals surface area contributed by atoms with Crippen LogP contribution in [0.1, 0.15) is 46.5 Å². The fourth-order valence-corrected chi connectivity index (χ4v) is 1.60. The van der Waals surface area contributed by atoms with E-state index in [2.05, 4.69) is 6.92 Å². The predicted octanol–water partition coefficient (Wildman–Crippen LogP) is 2.43. The Morgan fingerprint density at radius 1 is 1.42 bits per heavy atom. The topological polar surface area (TPSA) is 20.3 Å². The van der Waals surface area contributed by atoms with Gasteiger partial charge in [-0.15, -0.1) is 0 Å². The number of likely N-dealkylation sites (tertiary alicyclic amines) is 1. The van der Waals surface area contributed by atoms with Gasteiger partial charge in [0.2, 0.25) is 6.41 Å². The molecule has 1 unspecified atom stereocenters. The lowest BCUT2D eigenvalue weighted by molar-refractivity contribution is -0.121. The van der Waals surface area contributed by atoms with Crippen molar-refractivity contribution in [3.05, 3.63) is 0 Å². The Bertz CT molecular complexity index is 114. The highest BCUT2D eigenvalue weighted by atomic mass is 16.1. The fourth-order valence-electron chi connectivity index (χ4n) is 1.60. The summed E-state index contributed by atoms with van der Waals surface area (Å²) in [5.41, 5.74) is 0. The summed E-state index contributed by atoms with van der Waals surface area (Å²) in [4.78, 5) is 12.4. The van der Waals surface area contributed by atoms with E-state index < -0.39 is 0 Å². The molecule has 2 heteroatoms. The van der Waals surface area contributed by atoms with Crippen LogP contribution in [-0.2, 0) is 4.79 Å². The minimum absolute atomic E-state index is 0.534. The van der Waals surface area contributed by atoms with Crippen LogP contribution in [0.5, 0.6) is 0 Å². The zero-order valence-electron chi connectivity index (χ0n) is 8.55. The van der Waals surface area contributed by atoms with E-state index in [4.69, 9.17) is 0 Å². The summed E-state index contributed by atoms with van der Waals surface area (Å²) < 4.78 is 0. The highest BCUT2D eigenvalue weighted by Crippen LogP contribution is 2.16. The van der Waals surface area contributed by atoms with Gasteiger partial charge in [-0.25, -0.2) is 0 Å². The average Bonchev–Trinajstić information content (AvgIpc) is 2.20. The Hall–Kier alpha value is -0.530. The van der Waals surface area contributed by atoms with Crippen molar-refractivity contribution < 1.29 is 4.79 Å². The Morgan fingerprint density at radius 3 is 2.50 bits per heavy atom. The van der Waals surface area contributed by atoms with Crippen LogP contribution in [-0.4, -0.2) is 23.9 Å². The average molecular weight is 171 g/mol. The maximum absolute atomic E-state index is 10.5. The van der Waals surface area contributed by atoms with Crippen LogP contribution in [0.2, 0.25) is 0 Å². The van der Waals surface area contributed by atoms with E-state index in [1.54, 1.807) is 0 Å². The van der Waals surface area contributed by atoms with Gasteiger partial charge in [-0.2, -0.15) is 0 Å². The lowest BCUT2D eigenvalue weighted by Crippen LogP contribution is -2.37. The van der Waals surface area contributed by atoms with E-state index in [1.807, 2.05) is 18.7 Å². The highest BCUT2D eigenvalue weighted by molar-refractivity contribution is 5.47. The van der Waals surface area contributed by atoms with Gasteiger partial charge in [0.05, 0.1) is 0 Å². The lowest BCUT2D eigenvalue weighted by Gasteiger charge is -2.31. The van der Waals surface area contributed by atoms with Crippen molar-refractivity contribution in [3.8, 4) is 0 Å². The quantitative estimate of drug-likeness (QED) is 0.584. The largest absolute Gasteiger partial charge is 0.342 e. The molecule has 1 rings (SSSR count). The van der Waals surface area contributed by atoms with Crippen LogP contribution < -0.4 is 0 Å². The van der Waals surface area contributed by atoms with Gasteiger partial charge < -0.3 is 4.90 Å². The fraction of sp³-hybridized carbons (Fsp3) is 0.900. The van der Waals surface area contributed by atoms with Crippen LogP contribution in [0.4, 0.5) is 0 Å². The molecule has 1 heterocycles. The third-order valence-electron chi connectivity index (χ3n) is 2.28. The summed E-state index contributed by atoms with van der Waals surface area (Å²) in [6, 6.07) is 0.534. The molecule has 0 aromatic heterocycles. The molecular formula is C10H21NO. The van der Waals surface area contributed by atoms with Crippen LogP contribution in [0.25, 0.3) is 0 Å². The first-order chi connectivity index (χ1) is 5.88. The molecule has 72 valence electrons.